The Hall–Kier alpha value is -4.97. The molecule has 256 valence electrons. The fourth-order valence-corrected chi connectivity index (χ4v) is 7.71. The van der Waals surface area contributed by atoms with Crippen molar-refractivity contribution in [1.29, 1.82) is 5.26 Å². The number of amides is 3. The molecule has 4 aromatic carbocycles. The van der Waals surface area contributed by atoms with E-state index in [2.05, 4.69) is 76.8 Å². The Labute approximate surface area is 295 Å². The van der Waals surface area contributed by atoms with Crippen molar-refractivity contribution in [3.8, 4) is 28.3 Å². The van der Waals surface area contributed by atoms with Crippen LogP contribution in [0.1, 0.15) is 59.8 Å². The highest BCUT2D eigenvalue weighted by Crippen LogP contribution is 2.44. The minimum atomic E-state index is -0.635. The second-order valence-corrected chi connectivity index (χ2v) is 13.9. The van der Waals surface area contributed by atoms with E-state index in [1.54, 1.807) is 0 Å². The van der Waals surface area contributed by atoms with Gasteiger partial charge < -0.3 is 15.0 Å². The van der Waals surface area contributed by atoms with E-state index >= 15 is 0 Å². The quantitative estimate of drug-likeness (QED) is 0.198. The molecule has 4 aromatic rings. The number of fused-ring (bicyclic) bond motifs is 3. The number of hydrogen-bond donors (Lipinski definition) is 1. The number of carbonyl (C=O) groups excluding carboxylic acids is 2. The monoisotopic (exact) mass is 667 g/mol. The van der Waals surface area contributed by atoms with E-state index in [4.69, 9.17) is 4.74 Å². The van der Waals surface area contributed by atoms with Gasteiger partial charge in [-0.1, -0.05) is 110 Å². The summed E-state index contributed by atoms with van der Waals surface area (Å²) < 4.78 is 5.91. The van der Waals surface area contributed by atoms with E-state index in [1.807, 2.05) is 48.5 Å². The SMILES string of the molecule is CN1CCN(Cc2ccc(-c3ccc(C(C#N)CNC(=O)N(C(=O)OCC4c5ccccc5-c5ccccc54)C4CCCC4)cc3)cc2)CC1. The zero-order valence-corrected chi connectivity index (χ0v) is 28.8. The topological polar surface area (TPSA) is 88.9 Å². The number of nitrogens with one attached hydrogen (secondary N) is 1. The van der Waals surface area contributed by atoms with Crippen molar-refractivity contribution in [2.45, 2.75) is 50.1 Å². The molecule has 1 heterocycles. The van der Waals surface area contributed by atoms with E-state index in [1.165, 1.54) is 10.5 Å². The molecule has 3 aliphatic rings. The van der Waals surface area contributed by atoms with E-state index in [9.17, 15) is 14.9 Å². The van der Waals surface area contributed by atoms with Crippen LogP contribution in [0.3, 0.4) is 0 Å². The molecule has 1 saturated carbocycles. The van der Waals surface area contributed by atoms with Crippen molar-refractivity contribution < 1.29 is 14.3 Å². The predicted octanol–water partition coefficient (Wildman–Crippen LogP) is 7.61. The van der Waals surface area contributed by atoms with Crippen molar-refractivity contribution >= 4 is 12.1 Å². The smallest absolute Gasteiger partial charge is 0.418 e. The summed E-state index contributed by atoms with van der Waals surface area (Å²) in [5, 5.41) is 13.0. The van der Waals surface area contributed by atoms with Crippen molar-refractivity contribution in [2.24, 2.45) is 0 Å². The summed E-state index contributed by atoms with van der Waals surface area (Å²) in [5.74, 6) is -0.655. The highest BCUT2D eigenvalue weighted by molar-refractivity contribution is 5.91. The van der Waals surface area contributed by atoms with Gasteiger partial charge in [0.2, 0.25) is 0 Å². The number of nitriles is 1. The summed E-state index contributed by atoms with van der Waals surface area (Å²) in [7, 11) is 2.17. The molecule has 0 radical (unpaired) electrons. The van der Waals surface area contributed by atoms with Crippen LogP contribution in [0.2, 0.25) is 0 Å². The summed E-state index contributed by atoms with van der Waals surface area (Å²) in [6, 6.07) is 34.7. The van der Waals surface area contributed by atoms with Crippen molar-refractivity contribution in [2.75, 3.05) is 46.4 Å². The summed E-state index contributed by atoms with van der Waals surface area (Å²) in [6.07, 6.45) is 2.77. The molecule has 7 rings (SSSR count). The van der Waals surface area contributed by atoms with Crippen LogP contribution < -0.4 is 5.32 Å². The molecule has 8 heteroatoms. The zero-order chi connectivity index (χ0) is 34.5. The molecular formula is C42H45N5O3. The second-order valence-electron chi connectivity index (χ2n) is 13.9. The Bertz CT molecular complexity index is 1790. The molecule has 1 unspecified atom stereocenters. The van der Waals surface area contributed by atoms with Gasteiger partial charge in [-0.05, 0) is 64.4 Å². The Kier molecular flexibility index (Phi) is 10.2. The highest BCUT2D eigenvalue weighted by Gasteiger charge is 2.35. The fourth-order valence-electron chi connectivity index (χ4n) is 7.71. The maximum atomic E-state index is 13.6. The van der Waals surface area contributed by atoms with E-state index in [0.29, 0.717) is 0 Å². The van der Waals surface area contributed by atoms with Gasteiger partial charge >= 0.3 is 12.1 Å². The van der Waals surface area contributed by atoms with Gasteiger partial charge in [-0.2, -0.15) is 5.26 Å². The first kappa shape index (κ1) is 33.5. The van der Waals surface area contributed by atoms with E-state index in [0.717, 1.165) is 97.4 Å². The van der Waals surface area contributed by atoms with Gasteiger partial charge in [0.15, 0.2) is 0 Å². The van der Waals surface area contributed by atoms with Gasteiger partial charge in [0.05, 0.1) is 12.0 Å². The molecule has 1 aliphatic heterocycles. The number of hydrogen-bond acceptors (Lipinski definition) is 6. The van der Waals surface area contributed by atoms with Crippen molar-refractivity contribution in [3.05, 3.63) is 119 Å². The van der Waals surface area contributed by atoms with Crippen LogP contribution in [-0.2, 0) is 11.3 Å². The average molecular weight is 668 g/mol. The minimum Gasteiger partial charge on any atom is -0.448 e. The van der Waals surface area contributed by atoms with Gasteiger partial charge in [0, 0.05) is 51.2 Å². The maximum absolute atomic E-state index is 13.6. The van der Waals surface area contributed by atoms with Crippen LogP contribution in [-0.4, -0.2) is 79.2 Å². The third-order valence-corrected chi connectivity index (χ3v) is 10.7. The van der Waals surface area contributed by atoms with E-state index < -0.39 is 18.0 Å². The van der Waals surface area contributed by atoms with Crippen molar-refractivity contribution in [3.63, 3.8) is 0 Å². The van der Waals surface area contributed by atoms with Gasteiger partial charge in [-0.15, -0.1) is 0 Å². The molecule has 2 fully saturated rings. The molecule has 1 atom stereocenters. The number of piperazine rings is 1. The highest BCUT2D eigenvalue weighted by atomic mass is 16.6. The Morgan fingerprint density at radius 1 is 0.840 bits per heavy atom. The van der Waals surface area contributed by atoms with E-state index in [-0.39, 0.29) is 25.1 Å². The van der Waals surface area contributed by atoms with Crippen molar-refractivity contribution in [1.82, 2.24) is 20.0 Å². The number of imide groups is 1. The molecular weight excluding hydrogens is 622 g/mol. The summed E-state index contributed by atoms with van der Waals surface area (Å²) >= 11 is 0. The third-order valence-electron chi connectivity index (χ3n) is 10.7. The number of likely N-dealkylation sites (N-methyl/N-ethyl adjacent to an activating group) is 1. The molecule has 50 heavy (non-hydrogen) atoms. The van der Waals surface area contributed by atoms with Gasteiger partial charge in [0.1, 0.15) is 6.61 Å². The summed E-state index contributed by atoms with van der Waals surface area (Å²) in [5.41, 5.74) is 8.87. The van der Waals surface area contributed by atoms with Gasteiger partial charge in [0.25, 0.3) is 0 Å². The van der Waals surface area contributed by atoms with Crippen LogP contribution in [0.25, 0.3) is 22.3 Å². The zero-order valence-electron chi connectivity index (χ0n) is 28.8. The molecule has 3 amide bonds. The third kappa shape index (κ3) is 7.30. The first-order valence-electron chi connectivity index (χ1n) is 17.9. The van der Waals surface area contributed by atoms with Gasteiger partial charge in [-0.25, -0.2) is 14.5 Å². The number of nitrogens with zero attached hydrogens (tertiary/aromatic N) is 4. The molecule has 0 spiro atoms. The number of carbonyl (C=O) groups is 2. The summed E-state index contributed by atoms with van der Waals surface area (Å²) in [4.78, 5) is 33.4. The average Bonchev–Trinajstić information content (AvgIpc) is 3.79. The molecule has 8 nitrogen and oxygen atoms in total. The fraction of sp³-hybridized carbons (Fsp3) is 0.357. The minimum absolute atomic E-state index is 0.0919. The first-order chi connectivity index (χ1) is 24.5. The maximum Gasteiger partial charge on any atom is 0.418 e. The molecule has 1 saturated heterocycles. The number of rotatable bonds is 9. The largest absolute Gasteiger partial charge is 0.448 e. The summed E-state index contributed by atoms with van der Waals surface area (Å²) in [6.45, 7) is 5.60. The number of benzene rings is 4. The molecule has 1 N–H and O–H groups in total. The Balaban J connectivity index is 0.968. The Morgan fingerprint density at radius 2 is 1.42 bits per heavy atom. The standard InChI is InChI=1S/C42H45N5O3/c1-45-22-24-46(25-23-45)28-30-14-16-31(17-15-30)32-18-20-33(21-19-32)34(26-43)27-44-41(48)47(35-8-2-3-9-35)42(49)50-29-40-38-12-6-4-10-36(38)37-11-5-7-13-39(37)40/h4-7,10-21,34-35,40H,2-3,8-9,22-25,27-29H2,1H3,(H,44,48). The second kappa shape index (κ2) is 15.3. The van der Waals surface area contributed by atoms with Crippen LogP contribution >= 0.6 is 0 Å². The van der Waals surface area contributed by atoms with Crippen LogP contribution in [0.4, 0.5) is 9.59 Å². The lowest BCUT2D eigenvalue weighted by molar-refractivity contribution is 0.0948. The predicted molar refractivity (Wildman–Crippen MR) is 196 cm³/mol. The Morgan fingerprint density at radius 3 is 2.02 bits per heavy atom. The molecule has 0 aromatic heterocycles. The number of ether oxygens (including phenoxy) is 1. The van der Waals surface area contributed by atoms with Gasteiger partial charge in [-0.3, -0.25) is 4.90 Å². The lowest BCUT2D eigenvalue weighted by Gasteiger charge is -2.32. The molecule has 0 bridgehead atoms. The van der Waals surface area contributed by atoms with Crippen LogP contribution in [0.5, 0.6) is 0 Å². The lowest BCUT2D eigenvalue weighted by atomic mass is 9.96. The van der Waals surface area contributed by atoms with Crippen LogP contribution in [0.15, 0.2) is 97.1 Å². The molecule has 2 aliphatic carbocycles. The first-order valence-corrected chi connectivity index (χ1v) is 17.9. The normalized spacial score (nSPS) is 17.0. The van der Waals surface area contributed by atoms with Crippen LogP contribution in [0, 0.1) is 11.3 Å². The number of urea groups is 1. The lowest BCUT2D eigenvalue weighted by Crippen LogP contribution is -2.49.